The van der Waals surface area contributed by atoms with Gasteiger partial charge in [0.2, 0.25) is 5.13 Å². The molecule has 0 saturated carbocycles. The lowest BCUT2D eigenvalue weighted by Gasteiger charge is -2.21. The van der Waals surface area contributed by atoms with Crippen LogP contribution in [0.5, 0.6) is 5.75 Å². The molecule has 1 aliphatic rings. The largest absolute Gasteiger partial charge is 0.497 e. The first-order valence-corrected chi connectivity index (χ1v) is 11.6. The summed E-state index contributed by atoms with van der Waals surface area (Å²) >= 11 is 9.35. The van der Waals surface area contributed by atoms with Gasteiger partial charge in [0.1, 0.15) is 5.75 Å². The Morgan fingerprint density at radius 3 is 2.53 bits per heavy atom. The van der Waals surface area contributed by atoms with Crippen LogP contribution in [0.4, 0.5) is 5.13 Å². The van der Waals surface area contributed by atoms with E-state index >= 15 is 0 Å². The molecule has 2 aromatic carbocycles. The molecule has 1 atom stereocenters. The quantitative estimate of drug-likeness (QED) is 0.331. The highest BCUT2D eigenvalue weighted by molar-refractivity contribution is 7.14. The Labute approximate surface area is 188 Å². The van der Waals surface area contributed by atoms with Crippen LogP contribution in [0.25, 0.3) is 11.3 Å². The Hall–Kier alpha value is -2.67. The van der Waals surface area contributed by atoms with Crippen molar-refractivity contribution in [1.29, 1.82) is 0 Å². The van der Waals surface area contributed by atoms with Crippen LogP contribution in [0.1, 0.15) is 22.9 Å². The Morgan fingerprint density at radius 1 is 1.03 bits per heavy atom. The van der Waals surface area contributed by atoms with E-state index < -0.39 is 0 Å². The molecule has 150 valence electrons. The predicted molar refractivity (Wildman–Crippen MR) is 126 cm³/mol. The monoisotopic (exact) mass is 451 g/mol. The van der Waals surface area contributed by atoms with E-state index in [1.54, 1.807) is 29.8 Å². The van der Waals surface area contributed by atoms with Crippen molar-refractivity contribution in [2.75, 3.05) is 12.1 Å². The van der Waals surface area contributed by atoms with E-state index in [4.69, 9.17) is 26.4 Å². The molecule has 5 rings (SSSR count). The number of benzene rings is 2. The Morgan fingerprint density at radius 2 is 1.83 bits per heavy atom. The summed E-state index contributed by atoms with van der Waals surface area (Å²) in [5, 5.41) is 12.8. The topological polar surface area (TPSA) is 37.7 Å². The predicted octanol–water partition coefficient (Wildman–Crippen LogP) is 6.89. The molecule has 4 nitrogen and oxygen atoms in total. The Balaban J connectivity index is 1.51. The average molecular weight is 452 g/mol. The first kappa shape index (κ1) is 19.3. The molecule has 3 heterocycles. The van der Waals surface area contributed by atoms with Crippen molar-refractivity contribution in [2.45, 2.75) is 12.5 Å². The summed E-state index contributed by atoms with van der Waals surface area (Å²) in [6, 6.07) is 20.3. The number of thiophene rings is 1. The number of rotatable bonds is 5. The molecular weight excluding hydrogens is 434 g/mol. The van der Waals surface area contributed by atoms with Gasteiger partial charge in [0.15, 0.2) is 0 Å². The molecule has 7 heteroatoms. The van der Waals surface area contributed by atoms with Crippen molar-refractivity contribution in [1.82, 2.24) is 4.98 Å². The zero-order valence-corrected chi connectivity index (χ0v) is 18.5. The number of methoxy groups -OCH3 is 1. The summed E-state index contributed by atoms with van der Waals surface area (Å²) in [4.78, 5) is 6.09. The molecule has 0 N–H and O–H groups in total. The van der Waals surface area contributed by atoms with Crippen molar-refractivity contribution >= 4 is 45.1 Å². The molecule has 2 aromatic heterocycles. The van der Waals surface area contributed by atoms with Gasteiger partial charge in [-0.15, -0.1) is 22.7 Å². The summed E-state index contributed by atoms with van der Waals surface area (Å²) in [5.74, 6) is 0.849. The van der Waals surface area contributed by atoms with Gasteiger partial charge in [0, 0.05) is 22.4 Å². The van der Waals surface area contributed by atoms with Gasteiger partial charge in [-0.25, -0.2) is 9.99 Å². The maximum atomic E-state index is 6.03. The Bertz CT molecular complexity index is 1170. The lowest BCUT2D eigenvalue weighted by atomic mass is 10.0. The van der Waals surface area contributed by atoms with Crippen molar-refractivity contribution in [2.24, 2.45) is 5.10 Å². The molecule has 0 aliphatic carbocycles. The van der Waals surface area contributed by atoms with Crippen LogP contribution in [-0.4, -0.2) is 17.8 Å². The lowest BCUT2D eigenvalue weighted by molar-refractivity contribution is 0.414. The van der Waals surface area contributed by atoms with Gasteiger partial charge in [-0.1, -0.05) is 41.9 Å². The minimum absolute atomic E-state index is 0.0947. The van der Waals surface area contributed by atoms with Gasteiger partial charge in [0.25, 0.3) is 0 Å². The third kappa shape index (κ3) is 3.74. The molecule has 4 aromatic rings. The van der Waals surface area contributed by atoms with Crippen LogP contribution in [0.2, 0.25) is 5.02 Å². The number of hydrogen-bond acceptors (Lipinski definition) is 6. The number of ether oxygens (including phenoxy) is 1. The normalized spacial score (nSPS) is 16.0. The summed E-state index contributed by atoms with van der Waals surface area (Å²) in [5.41, 5.74) is 4.26. The first-order chi connectivity index (χ1) is 14.7. The van der Waals surface area contributed by atoms with Gasteiger partial charge in [-0.05, 0) is 41.3 Å². The molecular formula is C23H18ClN3OS2. The number of thiazole rings is 1. The summed E-state index contributed by atoms with van der Waals surface area (Å²) in [6.07, 6.45) is 0.836. The zero-order valence-electron chi connectivity index (χ0n) is 16.2. The number of nitrogens with zero attached hydrogens (tertiary/aromatic N) is 3. The van der Waals surface area contributed by atoms with Gasteiger partial charge in [-0.3, -0.25) is 0 Å². The van der Waals surface area contributed by atoms with Crippen LogP contribution >= 0.6 is 34.3 Å². The van der Waals surface area contributed by atoms with Gasteiger partial charge in [-0.2, -0.15) is 5.10 Å². The van der Waals surface area contributed by atoms with E-state index in [1.807, 2.05) is 36.4 Å². The fourth-order valence-electron chi connectivity index (χ4n) is 3.49. The van der Waals surface area contributed by atoms with Crippen molar-refractivity contribution < 1.29 is 4.74 Å². The van der Waals surface area contributed by atoms with E-state index in [1.165, 1.54) is 10.4 Å². The van der Waals surface area contributed by atoms with E-state index in [0.29, 0.717) is 0 Å². The SMILES string of the molecule is COc1ccc([C@H]2CC(c3cccs3)=NN2c2nc(-c3ccc(Cl)cc3)cs2)cc1. The van der Waals surface area contributed by atoms with Crippen LogP contribution in [0, 0.1) is 0 Å². The lowest BCUT2D eigenvalue weighted by Crippen LogP contribution is -2.18. The Kier molecular flexibility index (Phi) is 5.29. The molecule has 0 radical (unpaired) electrons. The number of aromatic nitrogens is 1. The van der Waals surface area contributed by atoms with E-state index in [9.17, 15) is 0 Å². The minimum Gasteiger partial charge on any atom is -0.497 e. The highest BCUT2D eigenvalue weighted by atomic mass is 35.5. The number of halogens is 1. The summed E-state index contributed by atoms with van der Waals surface area (Å²) in [7, 11) is 1.68. The molecule has 0 saturated heterocycles. The average Bonchev–Trinajstić information content (AvgIpc) is 3.54. The second kappa shape index (κ2) is 8.22. The molecule has 0 unspecified atom stereocenters. The molecule has 1 aliphatic heterocycles. The number of hydrazone groups is 1. The van der Waals surface area contributed by atoms with Crippen LogP contribution < -0.4 is 9.75 Å². The van der Waals surface area contributed by atoms with Gasteiger partial charge < -0.3 is 4.74 Å². The van der Waals surface area contributed by atoms with Crippen molar-refractivity contribution in [3.8, 4) is 17.0 Å². The zero-order chi connectivity index (χ0) is 20.5. The first-order valence-electron chi connectivity index (χ1n) is 9.47. The molecule has 0 fully saturated rings. The third-order valence-electron chi connectivity index (χ3n) is 5.04. The summed E-state index contributed by atoms with van der Waals surface area (Å²) in [6.45, 7) is 0. The molecule has 0 amide bonds. The molecule has 30 heavy (non-hydrogen) atoms. The second-order valence-corrected chi connectivity index (χ2v) is 9.10. The van der Waals surface area contributed by atoms with E-state index in [-0.39, 0.29) is 6.04 Å². The smallest absolute Gasteiger partial charge is 0.207 e. The molecule has 0 bridgehead atoms. The third-order valence-corrected chi connectivity index (χ3v) is 7.05. The van der Waals surface area contributed by atoms with Crippen LogP contribution in [0.15, 0.2) is 76.5 Å². The van der Waals surface area contributed by atoms with Crippen LogP contribution in [0.3, 0.4) is 0 Å². The highest BCUT2D eigenvalue weighted by Gasteiger charge is 2.32. The number of anilines is 1. The summed E-state index contributed by atoms with van der Waals surface area (Å²) < 4.78 is 5.32. The standard InChI is InChI=1S/C23H18ClN3OS2/c1-28-18-10-6-16(7-11-18)21-13-19(22-3-2-12-29-22)26-27(21)23-25-20(14-30-23)15-4-8-17(24)9-5-15/h2-12,14,21H,13H2,1H3/t21-/m1/s1. The van der Waals surface area contributed by atoms with Crippen molar-refractivity contribution in [3.63, 3.8) is 0 Å². The fraction of sp³-hybridized carbons (Fsp3) is 0.130. The van der Waals surface area contributed by atoms with Crippen LogP contribution in [-0.2, 0) is 0 Å². The van der Waals surface area contributed by atoms with Crippen molar-refractivity contribution in [3.05, 3.63) is 86.9 Å². The minimum atomic E-state index is 0.0947. The highest BCUT2D eigenvalue weighted by Crippen LogP contribution is 2.40. The van der Waals surface area contributed by atoms with Gasteiger partial charge in [0.05, 0.1) is 29.4 Å². The fourth-order valence-corrected chi connectivity index (χ4v) is 5.17. The van der Waals surface area contributed by atoms with Gasteiger partial charge >= 0.3 is 0 Å². The molecule has 0 spiro atoms. The maximum absolute atomic E-state index is 6.03. The van der Waals surface area contributed by atoms with E-state index in [0.717, 1.165) is 39.3 Å². The second-order valence-electron chi connectivity index (χ2n) is 6.88. The number of hydrogen-bond donors (Lipinski definition) is 0. The van der Waals surface area contributed by atoms with E-state index in [2.05, 4.69) is 40.0 Å². The maximum Gasteiger partial charge on any atom is 0.207 e.